The predicted octanol–water partition coefficient (Wildman–Crippen LogP) is 2.70. The summed E-state index contributed by atoms with van der Waals surface area (Å²) in [4.78, 5) is 2.55. The normalized spacial score (nSPS) is 18.5. The van der Waals surface area contributed by atoms with E-state index in [9.17, 15) is 0 Å². The molecule has 0 radical (unpaired) electrons. The van der Waals surface area contributed by atoms with E-state index in [2.05, 4.69) is 23.2 Å². The molecule has 1 atom stereocenters. The van der Waals surface area contributed by atoms with E-state index >= 15 is 0 Å². The van der Waals surface area contributed by atoms with Crippen molar-refractivity contribution in [1.82, 2.24) is 10.2 Å². The molecule has 0 spiro atoms. The summed E-state index contributed by atoms with van der Waals surface area (Å²) < 4.78 is 10.8. The van der Waals surface area contributed by atoms with Crippen molar-refractivity contribution in [3.8, 4) is 11.5 Å². The highest BCUT2D eigenvalue weighted by Crippen LogP contribution is 2.34. The predicted molar refractivity (Wildman–Crippen MR) is 86.2 cm³/mol. The highest BCUT2D eigenvalue weighted by molar-refractivity contribution is 5.42. The van der Waals surface area contributed by atoms with Crippen molar-refractivity contribution in [2.24, 2.45) is 5.92 Å². The van der Waals surface area contributed by atoms with Crippen molar-refractivity contribution in [1.29, 1.82) is 0 Å². The van der Waals surface area contributed by atoms with Gasteiger partial charge in [0.2, 0.25) is 0 Å². The van der Waals surface area contributed by atoms with Gasteiger partial charge in [-0.05, 0) is 58.4 Å². The van der Waals surface area contributed by atoms with Gasteiger partial charge in [-0.3, -0.25) is 4.90 Å². The first-order chi connectivity index (χ1) is 10.2. The van der Waals surface area contributed by atoms with Crippen LogP contribution in [0.1, 0.15) is 31.4 Å². The number of hydrogen-bond acceptors (Lipinski definition) is 4. The highest BCUT2D eigenvalue weighted by atomic mass is 16.5. The lowest BCUT2D eigenvalue weighted by Gasteiger charge is -2.36. The van der Waals surface area contributed by atoms with Crippen molar-refractivity contribution in [3.63, 3.8) is 0 Å². The van der Waals surface area contributed by atoms with Crippen molar-refractivity contribution >= 4 is 0 Å². The summed E-state index contributed by atoms with van der Waals surface area (Å²) in [7, 11) is 5.45. The maximum absolute atomic E-state index is 5.54. The van der Waals surface area contributed by atoms with Crippen LogP contribution in [-0.4, -0.2) is 45.8 Å². The number of benzene rings is 1. The summed E-state index contributed by atoms with van der Waals surface area (Å²) >= 11 is 0. The molecule has 21 heavy (non-hydrogen) atoms. The van der Waals surface area contributed by atoms with E-state index in [1.54, 1.807) is 14.2 Å². The first kappa shape index (κ1) is 16.1. The largest absolute Gasteiger partial charge is 0.497 e. The lowest BCUT2D eigenvalue weighted by atomic mass is 9.94. The van der Waals surface area contributed by atoms with E-state index in [4.69, 9.17) is 9.47 Å². The summed E-state index contributed by atoms with van der Waals surface area (Å²) in [5.74, 6) is 2.57. The molecule has 1 N–H and O–H groups in total. The van der Waals surface area contributed by atoms with Crippen LogP contribution >= 0.6 is 0 Å². The molecular weight excluding hydrogens is 264 g/mol. The molecule has 0 amide bonds. The number of rotatable bonds is 6. The van der Waals surface area contributed by atoms with Crippen LogP contribution in [0.5, 0.6) is 11.5 Å². The fraction of sp³-hybridized carbons (Fsp3) is 0.647. The van der Waals surface area contributed by atoms with Crippen molar-refractivity contribution < 1.29 is 9.47 Å². The minimum atomic E-state index is 0.376. The molecule has 4 nitrogen and oxygen atoms in total. The zero-order valence-corrected chi connectivity index (χ0v) is 13.7. The first-order valence-corrected chi connectivity index (χ1v) is 7.80. The van der Waals surface area contributed by atoms with Gasteiger partial charge < -0.3 is 14.8 Å². The third kappa shape index (κ3) is 3.89. The highest BCUT2D eigenvalue weighted by Gasteiger charge is 2.24. The minimum Gasteiger partial charge on any atom is -0.497 e. The van der Waals surface area contributed by atoms with Gasteiger partial charge in [0.25, 0.3) is 0 Å². The van der Waals surface area contributed by atoms with Gasteiger partial charge in [0.05, 0.1) is 14.2 Å². The Labute approximate surface area is 128 Å². The second-order valence-corrected chi connectivity index (χ2v) is 5.82. The Hall–Kier alpha value is -1.26. The SMILES string of the molecule is CNCC1CCN(C(C)c2ccc(OC)cc2OC)CC1. The van der Waals surface area contributed by atoms with Gasteiger partial charge in [-0.15, -0.1) is 0 Å². The second kappa shape index (κ2) is 7.66. The van der Waals surface area contributed by atoms with E-state index in [1.165, 1.54) is 18.4 Å². The molecule has 118 valence electrons. The lowest BCUT2D eigenvalue weighted by molar-refractivity contribution is 0.139. The zero-order chi connectivity index (χ0) is 15.2. The Morgan fingerprint density at radius 2 is 1.95 bits per heavy atom. The van der Waals surface area contributed by atoms with Gasteiger partial charge in [0.15, 0.2) is 0 Å². The maximum Gasteiger partial charge on any atom is 0.127 e. The topological polar surface area (TPSA) is 33.7 Å². The quantitative estimate of drug-likeness (QED) is 0.874. The van der Waals surface area contributed by atoms with Crippen LogP contribution in [0.25, 0.3) is 0 Å². The van der Waals surface area contributed by atoms with Gasteiger partial charge >= 0.3 is 0 Å². The molecule has 0 aromatic heterocycles. The van der Waals surface area contributed by atoms with E-state index in [0.717, 1.165) is 37.1 Å². The molecule has 1 aromatic carbocycles. The van der Waals surface area contributed by atoms with Crippen LogP contribution in [-0.2, 0) is 0 Å². The zero-order valence-electron chi connectivity index (χ0n) is 13.7. The Kier molecular flexibility index (Phi) is 5.88. The van der Waals surface area contributed by atoms with E-state index < -0.39 is 0 Å². The molecule has 0 bridgehead atoms. The average molecular weight is 292 g/mol. The van der Waals surface area contributed by atoms with E-state index in [-0.39, 0.29) is 0 Å². The second-order valence-electron chi connectivity index (χ2n) is 5.82. The van der Waals surface area contributed by atoms with Crippen LogP contribution in [0.2, 0.25) is 0 Å². The molecule has 1 heterocycles. The van der Waals surface area contributed by atoms with Crippen LogP contribution < -0.4 is 14.8 Å². The van der Waals surface area contributed by atoms with Gasteiger partial charge in [0.1, 0.15) is 11.5 Å². The molecule has 1 saturated heterocycles. The van der Waals surface area contributed by atoms with Crippen molar-refractivity contribution in [2.75, 3.05) is 40.9 Å². The van der Waals surface area contributed by atoms with Gasteiger partial charge in [-0.2, -0.15) is 0 Å². The number of likely N-dealkylation sites (tertiary alicyclic amines) is 1. The molecule has 1 aliphatic heterocycles. The molecule has 1 fully saturated rings. The van der Waals surface area contributed by atoms with Crippen LogP contribution in [0.15, 0.2) is 18.2 Å². The Balaban J connectivity index is 2.05. The summed E-state index contributed by atoms with van der Waals surface area (Å²) in [5, 5.41) is 3.29. The molecule has 1 aromatic rings. The number of nitrogens with one attached hydrogen (secondary N) is 1. The Morgan fingerprint density at radius 3 is 2.52 bits per heavy atom. The Bertz CT molecular complexity index is 442. The van der Waals surface area contributed by atoms with Crippen molar-refractivity contribution in [3.05, 3.63) is 23.8 Å². The van der Waals surface area contributed by atoms with Crippen LogP contribution in [0.4, 0.5) is 0 Å². The summed E-state index contributed by atoms with van der Waals surface area (Å²) in [6.45, 7) is 5.71. The maximum atomic E-state index is 5.54. The van der Waals surface area contributed by atoms with Crippen LogP contribution in [0, 0.1) is 5.92 Å². The first-order valence-electron chi connectivity index (χ1n) is 7.80. The number of methoxy groups -OCH3 is 2. The standard InChI is InChI=1S/C17H28N2O2/c1-13(19-9-7-14(8-10-19)12-18-2)16-6-5-15(20-3)11-17(16)21-4/h5-6,11,13-14,18H,7-10,12H2,1-4H3. The molecule has 1 aliphatic rings. The van der Waals surface area contributed by atoms with E-state index in [0.29, 0.717) is 6.04 Å². The number of ether oxygens (including phenoxy) is 2. The fourth-order valence-corrected chi connectivity index (χ4v) is 3.19. The number of piperidine rings is 1. The molecule has 1 unspecified atom stereocenters. The number of hydrogen-bond donors (Lipinski definition) is 1. The van der Waals surface area contributed by atoms with Gasteiger partial charge in [-0.25, -0.2) is 0 Å². The van der Waals surface area contributed by atoms with Gasteiger partial charge in [0, 0.05) is 17.7 Å². The van der Waals surface area contributed by atoms with E-state index in [1.807, 2.05) is 19.2 Å². The molecule has 2 rings (SSSR count). The minimum absolute atomic E-state index is 0.376. The smallest absolute Gasteiger partial charge is 0.127 e. The molecule has 4 heteroatoms. The third-order valence-electron chi connectivity index (χ3n) is 4.58. The number of nitrogens with zero attached hydrogens (tertiary/aromatic N) is 1. The van der Waals surface area contributed by atoms with Crippen LogP contribution in [0.3, 0.4) is 0 Å². The fourth-order valence-electron chi connectivity index (χ4n) is 3.19. The monoisotopic (exact) mass is 292 g/mol. The molecule has 0 aliphatic carbocycles. The average Bonchev–Trinajstić information content (AvgIpc) is 2.54. The summed E-state index contributed by atoms with van der Waals surface area (Å²) in [6.07, 6.45) is 2.54. The van der Waals surface area contributed by atoms with Crippen molar-refractivity contribution in [2.45, 2.75) is 25.8 Å². The molecular formula is C17H28N2O2. The third-order valence-corrected chi connectivity index (χ3v) is 4.58. The van der Waals surface area contributed by atoms with Gasteiger partial charge in [-0.1, -0.05) is 6.07 Å². The summed E-state index contributed by atoms with van der Waals surface area (Å²) in [5.41, 5.74) is 1.24. The lowest BCUT2D eigenvalue weighted by Crippen LogP contribution is -2.38. The summed E-state index contributed by atoms with van der Waals surface area (Å²) in [6, 6.07) is 6.49. The molecule has 0 saturated carbocycles. The Morgan fingerprint density at radius 1 is 1.24 bits per heavy atom.